The van der Waals surface area contributed by atoms with Crippen molar-refractivity contribution in [2.75, 3.05) is 0 Å². The topological polar surface area (TPSA) is 132 Å². The van der Waals surface area contributed by atoms with Gasteiger partial charge >= 0.3 is 0 Å². The molecule has 190 valence electrons. The Morgan fingerprint density at radius 3 is 2.53 bits per heavy atom. The molecule has 0 aromatic heterocycles. The van der Waals surface area contributed by atoms with Crippen LogP contribution in [0, 0.1) is 34.5 Å². The van der Waals surface area contributed by atoms with Crippen LogP contribution in [-0.4, -0.2) is 61.7 Å². The van der Waals surface area contributed by atoms with E-state index in [9.17, 15) is 34.8 Å². The van der Waals surface area contributed by atoms with E-state index in [1.807, 2.05) is 13.8 Å². The minimum absolute atomic E-state index is 0.00897. The number of hydrogen-bond acceptors (Lipinski definition) is 7. The zero-order valence-electron chi connectivity index (χ0n) is 20.8. The third kappa shape index (κ3) is 3.66. The van der Waals surface area contributed by atoms with Gasteiger partial charge in [-0.25, -0.2) is 0 Å². The number of aliphatic hydroxyl groups is 4. The highest BCUT2D eigenvalue weighted by Gasteiger charge is 2.67. The Morgan fingerprint density at radius 2 is 1.88 bits per heavy atom. The predicted octanol–water partition coefficient (Wildman–Crippen LogP) is 2.13. The van der Waals surface area contributed by atoms with E-state index in [2.05, 4.69) is 6.92 Å². The van der Waals surface area contributed by atoms with E-state index in [0.29, 0.717) is 19.1 Å². The maximum Gasteiger partial charge on any atom is 0.162 e. The van der Waals surface area contributed by atoms with Gasteiger partial charge in [0, 0.05) is 17.8 Å². The zero-order valence-corrected chi connectivity index (χ0v) is 20.8. The van der Waals surface area contributed by atoms with Gasteiger partial charge in [-0.2, -0.15) is 0 Å². The molecule has 0 bridgehead atoms. The number of allylic oxidation sites excluding steroid dienone is 1. The molecule has 34 heavy (non-hydrogen) atoms. The second kappa shape index (κ2) is 8.32. The molecule has 0 radical (unpaired) electrons. The van der Waals surface area contributed by atoms with Gasteiger partial charge in [-0.1, -0.05) is 20.8 Å². The molecular weight excluding hydrogens is 436 g/mol. The number of fused-ring (bicyclic) bond motifs is 5. The molecule has 0 heterocycles. The number of ketones is 2. The molecule has 0 aromatic rings. The fourth-order valence-corrected chi connectivity index (χ4v) is 8.12. The van der Waals surface area contributed by atoms with Gasteiger partial charge in [0.25, 0.3) is 0 Å². The number of carbonyl (C=O) groups is 3. The summed E-state index contributed by atoms with van der Waals surface area (Å²) >= 11 is 0. The SMILES string of the molecule is C[C@H]([C@H](O)CCC(C)(O)C=O)[C@H]1CC[C@@]2(O)C3=CC(=O)[C@@H]4CC(=O)[C@@H](O)C[C@]4(C)[C@H]3CC[C@]12C. The quantitative estimate of drug-likeness (QED) is 0.432. The molecule has 7 heteroatoms. The summed E-state index contributed by atoms with van der Waals surface area (Å²) < 4.78 is 0. The van der Waals surface area contributed by atoms with Crippen LogP contribution < -0.4 is 0 Å². The van der Waals surface area contributed by atoms with Crippen LogP contribution in [0.15, 0.2) is 11.6 Å². The summed E-state index contributed by atoms with van der Waals surface area (Å²) in [4.78, 5) is 36.4. The summed E-state index contributed by atoms with van der Waals surface area (Å²) in [6.45, 7) is 7.46. The van der Waals surface area contributed by atoms with Crippen LogP contribution in [0.4, 0.5) is 0 Å². The number of Topliss-reactive ketones (excluding diaryl/α,β-unsaturated/α-hetero) is 1. The molecular formula is C27H40O7. The van der Waals surface area contributed by atoms with Crippen molar-refractivity contribution < 1.29 is 34.8 Å². The van der Waals surface area contributed by atoms with Crippen molar-refractivity contribution in [1.29, 1.82) is 0 Å². The van der Waals surface area contributed by atoms with Crippen molar-refractivity contribution >= 4 is 17.9 Å². The van der Waals surface area contributed by atoms with E-state index < -0.39 is 40.2 Å². The standard InChI is InChI=1S/C27H40O7/c1-15(20(29)7-8-24(2,33)14-28)16-6-10-27(34)18-11-21(30)19-12-22(31)23(32)13-25(19,3)17(18)5-9-26(16,27)4/h11,14-17,19-20,23,29,32-34H,5-10,12-13H2,1-4H3/t15-,16+,17-,19-,20+,23-,24?,25+,26+,27+/m0/s1. The lowest BCUT2D eigenvalue weighted by atomic mass is 9.46. The van der Waals surface area contributed by atoms with Crippen LogP contribution in [0.1, 0.15) is 79.1 Å². The van der Waals surface area contributed by atoms with Crippen LogP contribution in [-0.2, 0) is 14.4 Å². The molecule has 4 N–H and O–H groups in total. The first-order valence-electron chi connectivity index (χ1n) is 12.8. The van der Waals surface area contributed by atoms with Gasteiger partial charge in [-0.15, -0.1) is 0 Å². The zero-order chi connectivity index (χ0) is 25.3. The normalized spacial score (nSPS) is 45.4. The van der Waals surface area contributed by atoms with Gasteiger partial charge < -0.3 is 25.2 Å². The molecule has 10 atom stereocenters. The van der Waals surface area contributed by atoms with Gasteiger partial charge in [-0.3, -0.25) is 9.59 Å². The van der Waals surface area contributed by atoms with E-state index in [0.717, 1.165) is 18.4 Å². The van der Waals surface area contributed by atoms with E-state index in [1.165, 1.54) is 6.92 Å². The molecule has 1 unspecified atom stereocenters. The minimum Gasteiger partial charge on any atom is -0.393 e. The Balaban J connectivity index is 1.61. The molecule has 7 nitrogen and oxygen atoms in total. The monoisotopic (exact) mass is 476 g/mol. The highest BCUT2D eigenvalue weighted by Crippen LogP contribution is 2.68. The summed E-state index contributed by atoms with van der Waals surface area (Å²) in [6, 6.07) is 0. The van der Waals surface area contributed by atoms with Gasteiger partial charge in [0.05, 0.1) is 11.7 Å². The van der Waals surface area contributed by atoms with E-state index in [-0.39, 0.29) is 55.0 Å². The third-order valence-corrected chi connectivity index (χ3v) is 10.5. The molecule has 4 aliphatic carbocycles. The molecule has 4 aliphatic rings. The molecule has 0 saturated heterocycles. The summed E-state index contributed by atoms with van der Waals surface area (Å²) in [6.07, 6.45) is 3.74. The molecule has 4 rings (SSSR count). The maximum atomic E-state index is 13.2. The smallest absolute Gasteiger partial charge is 0.162 e. The summed E-state index contributed by atoms with van der Waals surface area (Å²) in [5.74, 6) is -1.07. The van der Waals surface area contributed by atoms with Gasteiger partial charge in [-0.05, 0) is 86.7 Å². The highest BCUT2D eigenvalue weighted by molar-refractivity contribution is 5.99. The fraction of sp³-hybridized carbons (Fsp3) is 0.815. The van der Waals surface area contributed by atoms with Crippen molar-refractivity contribution in [1.82, 2.24) is 0 Å². The second-order valence-corrected chi connectivity index (χ2v) is 12.4. The number of hydrogen-bond donors (Lipinski definition) is 4. The Hall–Kier alpha value is -1.41. The first-order chi connectivity index (χ1) is 15.7. The first kappa shape index (κ1) is 25.7. The van der Waals surface area contributed by atoms with Crippen LogP contribution in [0.5, 0.6) is 0 Å². The average Bonchev–Trinajstić information content (AvgIpc) is 3.05. The predicted molar refractivity (Wildman–Crippen MR) is 125 cm³/mol. The summed E-state index contributed by atoms with van der Waals surface area (Å²) in [5, 5.41) is 43.5. The first-order valence-corrected chi connectivity index (χ1v) is 12.8. The number of rotatable bonds is 6. The Morgan fingerprint density at radius 1 is 1.21 bits per heavy atom. The van der Waals surface area contributed by atoms with Gasteiger partial charge in [0.1, 0.15) is 11.7 Å². The third-order valence-electron chi connectivity index (χ3n) is 10.5. The lowest BCUT2D eigenvalue weighted by molar-refractivity contribution is -0.154. The van der Waals surface area contributed by atoms with Crippen LogP contribution in [0.3, 0.4) is 0 Å². The van der Waals surface area contributed by atoms with Crippen molar-refractivity contribution in [2.24, 2.45) is 34.5 Å². The van der Waals surface area contributed by atoms with Gasteiger partial charge in [0.15, 0.2) is 17.9 Å². The van der Waals surface area contributed by atoms with Crippen molar-refractivity contribution in [3.05, 3.63) is 11.6 Å². The van der Waals surface area contributed by atoms with Crippen LogP contribution in [0.2, 0.25) is 0 Å². The average molecular weight is 477 g/mol. The van der Waals surface area contributed by atoms with Crippen molar-refractivity contribution in [3.8, 4) is 0 Å². The second-order valence-electron chi connectivity index (χ2n) is 12.4. The Labute approximate surface area is 201 Å². The van der Waals surface area contributed by atoms with Crippen LogP contribution >= 0.6 is 0 Å². The Bertz CT molecular complexity index is 909. The van der Waals surface area contributed by atoms with E-state index >= 15 is 0 Å². The molecule has 0 aromatic carbocycles. The van der Waals surface area contributed by atoms with Gasteiger partial charge in [0.2, 0.25) is 0 Å². The Kier molecular flexibility index (Phi) is 6.29. The largest absolute Gasteiger partial charge is 0.393 e. The molecule has 3 saturated carbocycles. The number of aliphatic hydroxyl groups excluding tert-OH is 2. The highest BCUT2D eigenvalue weighted by atomic mass is 16.3. The summed E-state index contributed by atoms with van der Waals surface area (Å²) in [7, 11) is 0. The maximum absolute atomic E-state index is 13.2. The van der Waals surface area contributed by atoms with Crippen molar-refractivity contribution in [2.45, 2.75) is 102 Å². The minimum atomic E-state index is -1.47. The lowest BCUT2D eigenvalue weighted by Gasteiger charge is -2.59. The summed E-state index contributed by atoms with van der Waals surface area (Å²) in [5.41, 5.74) is -2.99. The molecule has 0 spiro atoms. The van der Waals surface area contributed by atoms with E-state index in [4.69, 9.17) is 0 Å². The van der Waals surface area contributed by atoms with Crippen molar-refractivity contribution in [3.63, 3.8) is 0 Å². The molecule has 0 amide bonds. The van der Waals surface area contributed by atoms with Crippen LogP contribution in [0.25, 0.3) is 0 Å². The number of carbonyl (C=O) groups excluding carboxylic acids is 3. The fourth-order valence-electron chi connectivity index (χ4n) is 8.12. The molecule has 0 aliphatic heterocycles. The molecule has 3 fully saturated rings. The lowest BCUT2D eigenvalue weighted by Crippen LogP contribution is -2.60. The van der Waals surface area contributed by atoms with E-state index in [1.54, 1.807) is 6.08 Å². The number of aldehydes is 1.